The molecule has 1 saturated heterocycles. The Hall–Kier alpha value is -1.73. The van der Waals surface area contributed by atoms with Crippen molar-refractivity contribution in [3.63, 3.8) is 0 Å². The molecule has 3 heterocycles. The monoisotopic (exact) mass is 457 g/mol. The Bertz CT molecular complexity index is 1130. The van der Waals surface area contributed by atoms with Crippen LogP contribution in [0, 0.1) is 0 Å². The van der Waals surface area contributed by atoms with Crippen molar-refractivity contribution >= 4 is 62.4 Å². The maximum atomic E-state index is 6.26. The van der Waals surface area contributed by atoms with Gasteiger partial charge in [-0.2, -0.15) is 4.57 Å². The van der Waals surface area contributed by atoms with Crippen molar-refractivity contribution in [1.82, 2.24) is 4.90 Å². The van der Waals surface area contributed by atoms with E-state index in [4.69, 9.17) is 11.6 Å². The lowest BCUT2D eigenvalue weighted by molar-refractivity contribution is -0.665. The van der Waals surface area contributed by atoms with Crippen molar-refractivity contribution in [2.75, 3.05) is 36.9 Å². The number of benzene rings is 2. The zero-order valence-electron chi connectivity index (χ0n) is 17.5. The van der Waals surface area contributed by atoms with Gasteiger partial charge in [-0.25, -0.2) is 0 Å². The van der Waals surface area contributed by atoms with Gasteiger partial charge in [0.15, 0.2) is 0 Å². The number of likely N-dealkylation sites (N-methyl/N-ethyl adjacent to an activating group) is 1. The number of fused-ring (bicyclic) bond motifs is 2. The van der Waals surface area contributed by atoms with Gasteiger partial charge in [-0.3, -0.25) is 0 Å². The van der Waals surface area contributed by atoms with Crippen LogP contribution in [0.3, 0.4) is 0 Å². The zero-order valence-corrected chi connectivity index (χ0v) is 19.9. The van der Waals surface area contributed by atoms with Crippen LogP contribution < -0.4 is 14.8 Å². The van der Waals surface area contributed by atoms with Gasteiger partial charge in [-0.05, 0) is 51.2 Å². The fourth-order valence-corrected chi connectivity index (χ4v) is 6.79. The van der Waals surface area contributed by atoms with Gasteiger partial charge in [-0.1, -0.05) is 34.7 Å². The summed E-state index contributed by atoms with van der Waals surface area (Å²) in [7, 11) is 2.16. The van der Waals surface area contributed by atoms with Crippen LogP contribution in [0.25, 0.3) is 16.3 Å². The molecule has 30 heavy (non-hydrogen) atoms. The number of thioether (sulfide) groups is 1. The van der Waals surface area contributed by atoms with Gasteiger partial charge < -0.3 is 15.1 Å². The third-order valence-corrected chi connectivity index (χ3v) is 8.20. The number of thiazole rings is 1. The lowest BCUT2D eigenvalue weighted by Gasteiger charge is -2.37. The number of rotatable bonds is 5. The van der Waals surface area contributed by atoms with E-state index in [-0.39, 0.29) is 0 Å². The van der Waals surface area contributed by atoms with Crippen LogP contribution in [-0.4, -0.2) is 37.6 Å². The number of aromatic nitrogens is 1. The minimum Gasteiger partial charge on any atom is -0.380 e. The highest BCUT2D eigenvalue weighted by Crippen LogP contribution is 2.47. The molecule has 2 aliphatic rings. The van der Waals surface area contributed by atoms with Crippen molar-refractivity contribution in [1.29, 1.82) is 0 Å². The summed E-state index contributed by atoms with van der Waals surface area (Å²) in [5, 5.41) is 7.01. The van der Waals surface area contributed by atoms with E-state index in [2.05, 4.69) is 77.0 Å². The lowest BCUT2D eigenvalue weighted by Crippen LogP contribution is -2.52. The summed E-state index contributed by atoms with van der Waals surface area (Å²) >= 11 is 9.95. The molecule has 0 radical (unpaired) electrons. The molecule has 156 valence electrons. The smallest absolute Gasteiger partial charge is 0.265 e. The summed E-state index contributed by atoms with van der Waals surface area (Å²) in [5.74, 6) is 0. The molecule has 3 aromatic rings. The van der Waals surface area contributed by atoms with Crippen molar-refractivity contribution in [3.8, 4) is 0 Å². The molecule has 0 unspecified atom stereocenters. The molecule has 0 amide bonds. The normalized spacial score (nSPS) is 18.3. The first-order valence-electron chi connectivity index (χ1n) is 10.4. The van der Waals surface area contributed by atoms with Crippen molar-refractivity contribution in [2.45, 2.75) is 31.3 Å². The third-order valence-electron chi connectivity index (χ3n) is 5.74. The molecule has 0 aliphatic carbocycles. The highest BCUT2D eigenvalue weighted by molar-refractivity contribution is 8.03. The Morgan fingerprint density at radius 2 is 2.03 bits per heavy atom. The van der Waals surface area contributed by atoms with Crippen LogP contribution in [0.1, 0.15) is 18.9 Å². The van der Waals surface area contributed by atoms with E-state index in [0.29, 0.717) is 6.04 Å². The summed E-state index contributed by atoms with van der Waals surface area (Å²) in [6.45, 7) is 8.52. The van der Waals surface area contributed by atoms with Crippen LogP contribution in [0.2, 0.25) is 5.02 Å². The van der Waals surface area contributed by atoms with Gasteiger partial charge in [0.1, 0.15) is 11.2 Å². The van der Waals surface area contributed by atoms with Gasteiger partial charge >= 0.3 is 0 Å². The Morgan fingerprint density at radius 1 is 1.20 bits per heavy atom. The second kappa shape index (κ2) is 8.08. The van der Waals surface area contributed by atoms with Crippen molar-refractivity contribution in [2.24, 2.45) is 0 Å². The molecule has 1 fully saturated rings. The maximum absolute atomic E-state index is 6.26. The Morgan fingerprint density at radius 3 is 2.77 bits per heavy atom. The average molecular weight is 458 g/mol. The van der Waals surface area contributed by atoms with E-state index in [1.54, 1.807) is 0 Å². The largest absolute Gasteiger partial charge is 0.380 e. The molecule has 5 rings (SSSR count). The molecular weight excluding hydrogens is 432 g/mol. The lowest BCUT2D eigenvalue weighted by atomic mass is 10.1. The van der Waals surface area contributed by atoms with Crippen LogP contribution in [0.5, 0.6) is 0 Å². The number of nitrogens with one attached hydrogen (secondary N) is 1. The molecule has 0 bridgehead atoms. The maximum Gasteiger partial charge on any atom is 0.265 e. The highest BCUT2D eigenvalue weighted by Gasteiger charge is 2.27. The molecule has 0 spiro atoms. The Labute approximate surface area is 191 Å². The first-order chi connectivity index (χ1) is 14.6. The van der Waals surface area contributed by atoms with Crippen LogP contribution >= 0.6 is 34.7 Å². The van der Waals surface area contributed by atoms with Crippen molar-refractivity contribution in [3.05, 3.63) is 51.5 Å². The van der Waals surface area contributed by atoms with Crippen LogP contribution in [0.15, 0.2) is 46.3 Å². The summed E-state index contributed by atoms with van der Waals surface area (Å²) in [6, 6.07) is 13.5. The molecule has 1 N–H and O–H groups in total. The molecule has 1 aromatic heterocycles. The predicted octanol–water partition coefficient (Wildman–Crippen LogP) is 5.52. The summed E-state index contributed by atoms with van der Waals surface area (Å²) in [6.07, 6.45) is 2.34. The number of halogens is 1. The standard InChI is InChI=1S/C23H26ClN4S2/c1-4-27-18-10-15(24)6-8-20(18)29-22(27)12-23-28(5-2)19-11-16(7-9-21(19)30-23)25-17-13-26(3)14-17/h6-12,17,25H,4-5,13-14H2,1-3H3/q+1. The number of likely N-dealkylation sites (tertiary alicyclic amines) is 1. The van der Waals surface area contributed by atoms with Gasteiger partial charge in [0.05, 0.1) is 22.8 Å². The van der Waals surface area contributed by atoms with E-state index in [1.165, 1.54) is 36.5 Å². The first-order valence-corrected chi connectivity index (χ1v) is 12.4. The Balaban J connectivity index is 1.49. The summed E-state index contributed by atoms with van der Waals surface area (Å²) < 4.78 is 3.75. The quantitative estimate of drug-likeness (QED) is 0.509. The van der Waals surface area contributed by atoms with Crippen LogP contribution in [0.4, 0.5) is 11.4 Å². The SMILES string of the molecule is CCN1C(=Cc2sc3ccc(NC4CN(C)C4)cc3[n+]2CC)Sc2ccc(Cl)cc21. The van der Waals surface area contributed by atoms with E-state index >= 15 is 0 Å². The number of anilines is 2. The molecule has 4 nitrogen and oxygen atoms in total. The van der Waals surface area contributed by atoms with Gasteiger partial charge in [0, 0.05) is 41.3 Å². The molecule has 7 heteroatoms. The molecular formula is C23H26ClN4S2+. The van der Waals surface area contributed by atoms with Crippen LogP contribution in [-0.2, 0) is 6.54 Å². The molecule has 2 aliphatic heterocycles. The third kappa shape index (κ3) is 3.60. The molecule has 0 atom stereocenters. The number of aryl methyl sites for hydroxylation is 1. The minimum absolute atomic E-state index is 0.557. The number of nitrogens with zero attached hydrogens (tertiary/aromatic N) is 3. The van der Waals surface area contributed by atoms with Gasteiger partial charge in [-0.15, -0.1) is 0 Å². The molecule has 2 aromatic carbocycles. The predicted molar refractivity (Wildman–Crippen MR) is 131 cm³/mol. The topological polar surface area (TPSA) is 22.4 Å². The summed E-state index contributed by atoms with van der Waals surface area (Å²) in [5.41, 5.74) is 3.73. The van der Waals surface area contributed by atoms with E-state index in [9.17, 15) is 0 Å². The average Bonchev–Trinajstić information content (AvgIpc) is 3.22. The van der Waals surface area contributed by atoms with Gasteiger partial charge in [0.2, 0.25) is 5.52 Å². The van der Waals surface area contributed by atoms with Gasteiger partial charge in [0.25, 0.3) is 5.01 Å². The summed E-state index contributed by atoms with van der Waals surface area (Å²) in [4.78, 5) is 5.96. The second-order valence-electron chi connectivity index (χ2n) is 7.87. The number of hydrogen-bond donors (Lipinski definition) is 1. The fraction of sp³-hybridized carbons (Fsp3) is 0.348. The van der Waals surface area contributed by atoms with Crippen molar-refractivity contribution < 1.29 is 4.57 Å². The molecule has 0 saturated carbocycles. The minimum atomic E-state index is 0.557. The highest BCUT2D eigenvalue weighted by atomic mass is 35.5. The van der Waals surface area contributed by atoms with E-state index in [0.717, 1.165) is 31.2 Å². The van der Waals surface area contributed by atoms with E-state index < -0.39 is 0 Å². The first kappa shape index (κ1) is 20.2. The number of hydrogen-bond acceptors (Lipinski definition) is 5. The Kier molecular flexibility index (Phi) is 5.44. The zero-order chi connectivity index (χ0) is 20.8. The van der Waals surface area contributed by atoms with E-state index in [1.807, 2.05) is 29.2 Å². The fourth-order valence-electron chi connectivity index (χ4n) is 4.26. The second-order valence-corrected chi connectivity index (χ2v) is 10.4.